The summed E-state index contributed by atoms with van der Waals surface area (Å²) in [5.41, 5.74) is 0. The highest BCUT2D eigenvalue weighted by molar-refractivity contribution is 5.94. The SMILES string of the molecule is CCOC(=O)CC(C)=O.CCOC(=O)C[C@@H](C)O. The normalized spacial score (nSPS) is 10.7. The van der Waals surface area contributed by atoms with E-state index >= 15 is 0 Å². The third kappa shape index (κ3) is 17.0. The molecule has 106 valence electrons. The van der Waals surface area contributed by atoms with Crippen LogP contribution in [-0.2, 0) is 23.9 Å². The zero-order chi connectivity index (χ0) is 14.6. The molecule has 1 N–H and O–H groups in total. The minimum absolute atomic E-state index is 0.0911. The molecule has 6 heteroatoms. The van der Waals surface area contributed by atoms with Crippen LogP contribution < -0.4 is 0 Å². The smallest absolute Gasteiger partial charge is 0.313 e. The molecule has 1 atom stereocenters. The van der Waals surface area contributed by atoms with E-state index in [4.69, 9.17) is 5.11 Å². The Labute approximate surface area is 107 Å². The summed E-state index contributed by atoms with van der Waals surface area (Å²) >= 11 is 0. The Balaban J connectivity index is 0. The summed E-state index contributed by atoms with van der Waals surface area (Å²) in [5.74, 6) is -0.939. The van der Waals surface area contributed by atoms with Crippen molar-refractivity contribution in [3.05, 3.63) is 0 Å². The van der Waals surface area contributed by atoms with Crippen LogP contribution in [0, 0.1) is 0 Å². The molecule has 0 aromatic heterocycles. The van der Waals surface area contributed by atoms with Gasteiger partial charge >= 0.3 is 11.9 Å². The Kier molecular flexibility index (Phi) is 12.7. The lowest BCUT2D eigenvalue weighted by Crippen LogP contribution is -2.11. The maximum Gasteiger partial charge on any atom is 0.313 e. The number of carbonyl (C=O) groups is 3. The number of esters is 2. The number of ether oxygens (including phenoxy) is 2. The lowest BCUT2D eigenvalue weighted by Gasteiger charge is -2.01. The van der Waals surface area contributed by atoms with Gasteiger partial charge in [0.25, 0.3) is 0 Å². The van der Waals surface area contributed by atoms with E-state index in [1.165, 1.54) is 6.92 Å². The molecule has 0 rings (SSSR count). The molecule has 0 saturated carbocycles. The van der Waals surface area contributed by atoms with Crippen molar-refractivity contribution < 1.29 is 29.0 Å². The zero-order valence-corrected chi connectivity index (χ0v) is 11.4. The molecule has 0 heterocycles. The molecule has 0 fully saturated rings. The van der Waals surface area contributed by atoms with Crippen LogP contribution in [0.2, 0.25) is 0 Å². The van der Waals surface area contributed by atoms with Crippen LogP contribution in [0.3, 0.4) is 0 Å². The molecule has 18 heavy (non-hydrogen) atoms. The monoisotopic (exact) mass is 262 g/mol. The van der Waals surface area contributed by atoms with Gasteiger partial charge in [-0.1, -0.05) is 0 Å². The standard InChI is InChI=1S/C6H12O3.C6H10O3/c2*1-3-9-6(8)4-5(2)7/h5,7H,3-4H2,1-2H3;3-4H2,1-2H3/t5-;/m1./s1. The Morgan fingerprint density at radius 3 is 1.83 bits per heavy atom. The molecule has 0 aromatic rings. The molecular formula is C12H22O6. The van der Waals surface area contributed by atoms with Crippen molar-refractivity contribution in [1.29, 1.82) is 0 Å². The Morgan fingerprint density at radius 1 is 1.06 bits per heavy atom. The first-order chi connectivity index (χ1) is 8.33. The second-order valence-corrected chi connectivity index (χ2v) is 3.54. The van der Waals surface area contributed by atoms with Crippen molar-refractivity contribution in [1.82, 2.24) is 0 Å². The van der Waals surface area contributed by atoms with Crippen molar-refractivity contribution in [2.24, 2.45) is 0 Å². The van der Waals surface area contributed by atoms with Gasteiger partial charge < -0.3 is 14.6 Å². The fraction of sp³-hybridized carbons (Fsp3) is 0.750. The highest BCUT2D eigenvalue weighted by atomic mass is 16.5. The van der Waals surface area contributed by atoms with Gasteiger partial charge in [-0.3, -0.25) is 14.4 Å². The van der Waals surface area contributed by atoms with E-state index in [0.717, 1.165) is 0 Å². The van der Waals surface area contributed by atoms with Crippen molar-refractivity contribution in [2.45, 2.75) is 46.6 Å². The summed E-state index contributed by atoms with van der Waals surface area (Å²) in [5, 5.41) is 8.65. The lowest BCUT2D eigenvalue weighted by atomic mass is 10.3. The van der Waals surface area contributed by atoms with Gasteiger partial charge in [-0.05, 0) is 27.7 Å². The Bertz CT molecular complexity index is 259. The van der Waals surface area contributed by atoms with Crippen LogP contribution in [0.15, 0.2) is 0 Å². The van der Waals surface area contributed by atoms with Gasteiger partial charge in [-0.15, -0.1) is 0 Å². The first-order valence-electron chi connectivity index (χ1n) is 5.82. The summed E-state index contributed by atoms with van der Waals surface area (Å²) in [6.07, 6.45) is -0.606. The number of hydrogen-bond acceptors (Lipinski definition) is 6. The summed E-state index contributed by atoms with van der Waals surface area (Å²) in [7, 11) is 0. The van der Waals surface area contributed by atoms with Crippen LogP contribution >= 0.6 is 0 Å². The number of rotatable bonds is 6. The third-order valence-corrected chi connectivity index (χ3v) is 1.47. The summed E-state index contributed by atoms with van der Waals surface area (Å²) in [4.78, 5) is 31.1. The van der Waals surface area contributed by atoms with Crippen LogP contribution in [0.5, 0.6) is 0 Å². The first-order valence-corrected chi connectivity index (χ1v) is 5.82. The molecule has 0 aromatic carbocycles. The molecule has 0 saturated heterocycles. The predicted molar refractivity (Wildman–Crippen MR) is 64.9 cm³/mol. The van der Waals surface area contributed by atoms with Gasteiger partial charge in [-0.2, -0.15) is 0 Å². The molecule has 0 aliphatic heterocycles. The molecule has 0 amide bonds. The van der Waals surface area contributed by atoms with E-state index in [9.17, 15) is 14.4 Å². The molecule has 0 radical (unpaired) electrons. The lowest BCUT2D eigenvalue weighted by molar-refractivity contribution is -0.146. The van der Waals surface area contributed by atoms with E-state index in [-0.39, 0.29) is 24.6 Å². The highest BCUT2D eigenvalue weighted by Gasteiger charge is 2.04. The van der Waals surface area contributed by atoms with E-state index in [0.29, 0.717) is 13.2 Å². The number of hydrogen-bond donors (Lipinski definition) is 1. The molecule has 0 aliphatic carbocycles. The maximum atomic E-state index is 10.5. The number of Topliss-reactive ketones (excluding diaryl/α,β-unsaturated/α-hetero) is 1. The highest BCUT2D eigenvalue weighted by Crippen LogP contribution is 1.91. The topological polar surface area (TPSA) is 89.9 Å². The molecule has 0 bridgehead atoms. The van der Waals surface area contributed by atoms with E-state index in [2.05, 4.69) is 9.47 Å². The minimum Gasteiger partial charge on any atom is -0.466 e. The van der Waals surface area contributed by atoms with E-state index in [1.807, 2.05) is 0 Å². The van der Waals surface area contributed by atoms with Crippen molar-refractivity contribution >= 4 is 17.7 Å². The average Bonchev–Trinajstić information content (AvgIpc) is 2.16. The zero-order valence-electron chi connectivity index (χ0n) is 11.4. The molecule has 0 aliphatic rings. The van der Waals surface area contributed by atoms with E-state index < -0.39 is 12.1 Å². The first kappa shape index (κ1) is 18.9. The van der Waals surface area contributed by atoms with Gasteiger partial charge in [0.1, 0.15) is 12.2 Å². The van der Waals surface area contributed by atoms with E-state index in [1.54, 1.807) is 20.8 Å². The van der Waals surface area contributed by atoms with Gasteiger partial charge in [0.15, 0.2) is 0 Å². The summed E-state index contributed by atoms with van der Waals surface area (Å²) < 4.78 is 9.05. The quantitative estimate of drug-likeness (QED) is 0.563. The fourth-order valence-electron chi connectivity index (χ4n) is 0.876. The van der Waals surface area contributed by atoms with Crippen LogP contribution in [0.4, 0.5) is 0 Å². The number of aliphatic hydroxyl groups excluding tert-OH is 1. The van der Waals surface area contributed by atoms with Crippen molar-refractivity contribution in [3.8, 4) is 0 Å². The predicted octanol–water partition coefficient (Wildman–Crippen LogP) is 0.849. The third-order valence-electron chi connectivity index (χ3n) is 1.47. The summed E-state index contributed by atoms with van der Waals surface area (Å²) in [6, 6.07) is 0. The number of aliphatic hydroxyl groups is 1. The van der Waals surface area contributed by atoms with Gasteiger partial charge in [0.05, 0.1) is 25.7 Å². The fourth-order valence-corrected chi connectivity index (χ4v) is 0.876. The second-order valence-electron chi connectivity index (χ2n) is 3.54. The van der Waals surface area contributed by atoms with Gasteiger partial charge in [0.2, 0.25) is 0 Å². The van der Waals surface area contributed by atoms with Crippen LogP contribution in [-0.4, -0.2) is 42.1 Å². The van der Waals surface area contributed by atoms with Crippen LogP contribution in [0.25, 0.3) is 0 Å². The molecule has 0 unspecified atom stereocenters. The molecule has 0 spiro atoms. The van der Waals surface area contributed by atoms with Gasteiger partial charge in [-0.25, -0.2) is 0 Å². The summed E-state index contributed by atoms with van der Waals surface area (Å²) in [6.45, 7) is 7.07. The van der Waals surface area contributed by atoms with Gasteiger partial charge in [0, 0.05) is 0 Å². The van der Waals surface area contributed by atoms with Crippen molar-refractivity contribution in [2.75, 3.05) is 13.2 Å². The second kappa shape index (κ2) is 12.0. The number of ketones is 1. The largest absolute Gasteiger partial charge is 0.466 e. The van der Waals surface area contributed by atoms with Crippen molar-refractivity contribution in [3.63, 3.8) is 0 Å². The molecular weight excluding hydrogens is 240 g/mol. The minimum atomic E-state index is -0.593. The molecule has 6 nitrogen and oxygen atoms in total. The van der Waals surface area contributed by atoms with Crippen LogP contribution in [0.1, 0.15) is 40.5 Å². The Morgan fingerprint density at radius 2 is 1.50 bits per heavy atom. The maximum absolute atomic E-state index is 10.5. The number of carbonyl (C=O) groups excluding carboxylic acids is 3. The Hall–Kier alpha value is -1.43. The average molecular weight is 262 g/mol.